The molecule has 0 aromatic heterocycles. The van der Waals surface area contributed by atoms with Gasteiger partial charge in [-0.2, -0.15) is 0 Å². The van der Waals surface area contributed by atoms with Crippen LogP contribution >= 0.6 is 0 Å². The Morgan fingerprint density at radius 2 is 2.08 bits per heavy atom. The van der Waals surface area contributed by atoms with Gasteiger partial charge in [0.05, 0.1) is 18.4 Å². The lowest BCUT2D eigenvalue weighted by Gasteiger charge is -1.99. The second kappa shape index (κ2) is 7.65. The quantitative estimate of drug-likeness (QED) is 0.300. The second-order valence-electron chi connectivity index (χ2n) is 2.84. The summed E-state index contributed by atoms with van der Waals surface area (Å²) in [6.45, 7) is 4.17. The fourth-order valence-corrected chi connectivity index (χ4v) is 0.948. The molecular formula is C10H18O3. The topological polar surface area (TPSA) is 46.5 Å². The molecule has 0 aliphatic heterocycles. The van der Waals surface area contributed by atoms with Gasteiger partial charge in [0, 0.05) is 6.42 Å². The Hall–Kier alpha value is -0.990. The van der Waals surface area contributed by atoms with Crippen molar-refractivity contribution in [3.63, 3.8) is 0 Å². The lowest BCUT2D eigenvalue weighted by molar-refractivity contribution is -0.137. The van der Waals surface area contributed by atoms with E-state index in [0.29, 0.717) is 13.0 Å². The van der Waals surface area contributed by atoms with E-state index in [1.165, 1.54) is 0 Å². The number of hydrogen-bond acceptors (Lipinski definition) is 3. The molecule has 0 aliphatic rings. The van der Waals surface area contributed by atoms with E-state index in [1.54, 1.807) is 6.92 Å². The van der Waals surface area contributed by atoms with Crippen LogP contribution in [0.2, 0.25) is 0 Å². The molecule has 0 aliphatic carbocycles. The number of hydrogen-bond donors (Lipinski definition) is 1. The van der Waals surface area contributed by atoms with E-state index in [1.807, 2.05) is 0 Å². The van der Waals surface area contributed by atoms with Crippen molar-refractivity contribution < 1.29 is 14.6 Å². The number of aliphatic hydroxyl groups is 1. The lowest BCUT2D eigenvalue weighted by atomic mass is 10.2. The van der Waals surface area contributed by atoms with Crippen molar-refractivity contribution in [1.82, 2.24) is 0 Å². The zero-order valence-electron chi connectivity index (χ0n) is 8.38. The van der Waals surface area contributed by atoms with Crippen LogP contribution in [-0.2, 0) is 9.53 Å². The van der Waals surface area contributed by atoms with E-state index in [0.717, 1.165) is 25.3 Å². The van der Waals surface area contributed by atoms with Crippen LogP contribution in [0.4, 0.5) is 0 Å². The number of carbonyl (C=O) groups is 1. The average molecular weight is 186 g/mol. The third-order valence-corrected chi connectivity index (χ3v) is 1.61. The number of allylic oxidation sites excluding steroid dienone is 1. The molecule has 0 radical (unpaired) electrons. The van der Waals surface area contributed by atoms with E-state index in [9.17, 15) is 9.90 Å². The third kappa shape index (κ3) is 7.37. The lowest BCUT2D eigenvalue weighted by Crippen LogP contribution is -2.01. The molecule has 0 atom stereocenters. The van der Waals surface area contributed by atoms with Crippen LogP contribution in [0.1, 0.15) is 39.5 Å². The van der Waals surface area contributed by atoms with Crippen LogP contribution in [0.5, 0.6) is 0 Å². The number of esters is 1. The van der Waals surface area contributed by atoms with Crippen molar-refractivity contribution >= 4 is 5.97 Å². The van der Waals surface area contributed by atoms with Gasteiger partial charge in [0.2, 0.25) is 0 Å². The van der Waals surface area contributed by atoms with Crippen molar-refractivity contribution in [2.45, 2.75) is 39.5 Å². The molecule has 0 saturated carbocycles. The number of carbonyl (C=O) groups excluding carboxylic acids is 1. The van der Waals surface area contributed by atoms with Gasteiger partial charge in [-0.15, -0.1) is 0 Å². The Labute approximate surface area is 79.4 Å². The molecule has 0 fully saturated rings. The van der Waals surface area contributed by atoms with Crippen molar-refractivity contribution in [3.8, 4) is 0 Å². The first-order valence-corrected chi connectivity index (χ1v) is 4.77. The molecule has 0 heterocycles. The molecule has 0 rings (SSSR count). The maximum Gasteiger partial charge on any atom is 0.334 e. The summed E-state index contributed by atoms with van der Waals surface area (Å²) in [5.41, 5.74) is 0. The fraction of sp³-hybridized carbons (Fsp3) is 0.700. The zero-order valence-corrected chi connectivity index (χ0v) is 8.38. The zero-order chi connectivity index (χ0) is 10.1. The number of unbranched alkanes of at least 4 members (excludes halogenated alkanes) is 2. The number of ether oxygens (including phenoxy) is 1. The van der Waals surface area contributed by atoms with Gasteiger partial charge in [-0.25, -0.2) is 4.79 Å². The van der Waals surface area contributed by atoms with Crippen molar-refractivity contribution in [1.29, 1.82) is 0 Å². The van der Waals surface area contributed by atoms with Crippen LogP contribution < -0.4 is 0 Å². The summed E-state index contributed by atoms with van der Waals surface area (Å²) in [6.07, 6.45) is 4.80. The smallest absolute Gasteiger partial charge is 0.334 e. The van der Waals surface area contributed by atoms with E-state index in [2.05, 4.69) is 11.7 Å². The van der Waals surface area contributed by atoms with Gasteiger partial charge in [-0.3, -0.25) is 0 Å². The molecule has 0 aromatic rings. The van der Waals surface area contributed by atoms with Gasteiger partial charge in [0.15, 0.2) is 0 Å². The highest BCUT2D eigenvalue weighted by molar-refractivity contribution is 5.82. The van der Waals surface area contributed by atoms with Crippen LogP contribution in [0.15, 0.2) is 11.8 Å². The summed E-state index contributed by atoms with van der Waals surface area (Å²) in [7, 11) is 0. The van der Waals surface area contributed by atoms with Crippen LogP contribution in [0.25, 0.3) is 0 Å². The maximum absolute atomic E-state index is 10.8. The average Bonchev–Trinajstić information content (AvgIpc) is 2.05. The number of rotatable bonds is 6. The van der Waals surface area contributed by atoms with E-state index < -0.39 is 5.97 Å². The summed E-state index contributed by atoms with van der Waals surface area (Å²) < 4.78 is 4.64. The second-order valence-corrected chi connectivity index (χ2v) is 2.84. The van der Waals surface area contributed by atoms with Crippen molar-refractivity contribution in [2.75, 3.05) is 6.61 Å². The molecule has 1 N–H and O–H groups in total. The first-order chi connectivity index (χ1) is 6.20. The van der Waals surface area contributed by atoms with Gasteiger partial charge in [-0.1, -0.05) is 19.8 Å². The van der Waals surface area contributed by atoms with Crippen LogP contribution in [-0.4, -0.2) is 17.7 Å². The Morgan fingerprint density at radius 1 is 1.38 bits per heavy atom. The van der Waals surface area contributed by atoms with E-state index in [-0.39, 0.29) is 5.76 Å². The summed E-state index contributed by atoms with van der Waals surface area (Å²) in [5.74, 6) is -0.344. The standard InChI is InChI=1S/C10H18O3/c1-3-5-6-7-9(11)8-10(12)13-4-2/h8,11H,3-7H2,1-2H3. The Morgan fingerprint density at radius 3 is 2.62 bits per heavy atom. The molecule has 3 nitrogen and oxygen atoms in total. The molecule has 76 valence electrons. The van der Waals surface area contributed by atoms with E-state index in [4.69, 9.17) is 0 Å². The molecule has 13 heavy (non-hydrogen) atoms. The maximum atomic E-state index is 10.8. The molecular weight excluding hydrogens is 168 g/mol. The molecule has 0 bridgehead atoms. The minimum atomic E-state index is -0.462. The SMILES string of the molecule is CCCCCC(O)=CC(=O)OCC. The van der Waals surface area contributed by atoms with Crippen molar-refractivity contribution in [3.05, 3.63) is 11.8 Å². The van der Waals surface area contributed by atoms with Gasteiger partial charge < -0.3 is 9.84 Å². The van der Waals surface area contributed by atoms with Gasteiger partial charge >= 0.3 is 5.97 Å². The van der Waals surface area contributed by atoms with Crippen LogP contribution in [0, 0.1) is 0 Å². The van der Waals surface area contributed by atoms with Gasteiger partial charge in [0.1, 0.15) is 0 Å². The summed E-state index contributed by atoms with van der Waals surface area (Å²) in [5, 5.41) is 9.23. The predicted molar refractivity (Wildman–Crippen MR) is 51.5 cm³/mol. The first-order valence-electron chi connectivity index (χ1n) is 4.77. The summed E-state index contributed by atoms with van der Waals surface area (Å²) in [4.78, 5) is 10.8. The largest absolute Gasteiger partial charge is 0.512 e. The fourth-order valence-electron chi connectivity index (χ4n) is 0.948. The Balaban J connectivity index is 3.67. The highest BCUT2D eigenvalue weighted by Gasteiger charge is 1.99. The van der Waals surface area contributed by atoms with Gasteiger partial charge in [-0.05, 0) is 13.3 Å². The molecule has 0 amide bonds. The Bertz CT molecular complexity index is 173. The molecule has 0 unspecified atom stereocenters. The highest BCUT2D eigenvalue weighted by Crippen LogP contribution is 2.05. The number of aliphatic hydroxyl groups excluding tert-OH is 1. The van der Waals surface area contributed by atoms with Crippen molar-refractivity contribution in [2.24, 2.45) is 0 Å². The summed E-state index contributed by atoms with van der Waals surface area (Å²) >= 11 is 0. The predicted octanol–water partition coefficient (Wildman–Crippen LogP) is 2.57. The molecule has 3 heteroatoms. The monoisotopic (exact) mass is 186 g/mol. The summed E-state index contributed by atoms with van der Waals surface area (Å²) in [6, 6.07) is 0. The van der Waals surface area contributed by atoms with Gasteiger partial charge in [0.25, 0.3) is 0 Å². The van der Waals surface area contributed by atoms with E-state index >= 15 is 0 Å². The molecule has 0 spiro atoms. The molecule has 0 saturated heterocycles. The molecule has 0 aromatic carbocycles. The Kier molecular flexibility index (Phi) is 7.07. The van der Waals surface area contributed by atoms with Crippen LogP contribution in [0.3, 0.4) is 0 Å². The highest BCUT2D eigenvalue weighted by atomic mass is 16.5. The third-order valence-electron chi connectivity index (χ3n) is 1.61. The minimum absolute atomic E-state index is 0.118. The normalized spacial score (nSPS) is 11.4. The first kappa shape index (κ1) is 12.0. The minimum Gasteiger partial charge on any atom is -0.512 e.